The van der Waals surface area contributed by atoms with E-state index in [9.17, 15) is 9.59 Å². The van der Waals surface area contributed by atoms with Crippen LogP contribution in [0.2, 0.25) is 0 Å². The van der Waals surface area contributed by atoms with Gasteiger partial charge in [0, 0.05) is 18.5 Å². The van der Waals surface area contributed by atoms with Crippen molar-refractivity contribution in [2.75, 3.05) is 19.7 Å². The molecule has 1 amide bonds. The largest absolute Gasteiger partial charge is 0.464 e. The molecule has 5 nitrogen and oxygen atoms in total. The van der Waals surface area contributed by atoms with Crippen molar-refractivity contribution in [2.24, 2.45) is 5.41 Å². The molecule has 2 saturated heterocycles. The van der Waals surface area contributed by atoms with E-state index >= 15 is 0 Å². The summed E-state index contributed by atoms with van der Waals surface area (Å²) in [5.74, 6) is -0.175. The second kappa shape index (κ2) is 6.10. The highest BCUT2D eigenvalue weighted by atomic mass is 16.6. The molecule has 3 fully saturated rings. The van der Waals surface area contributed by atoms with Gasteiger partial charge in [0.05, 0.1) is 5.41 Å². The molecular formula is C25H27NO4. The standard InChI is InChI=1S/C25H27NO4/c1-22(2,3)30-21(28)26-15-23(18-10-6-4-7-11-18)14-25(19-12-8-5-9-13-19)20(27)29-17-24(23,25)16-26/h4-13H,14-17H2,1-3H3. The molecular weight excluding hydrogens is 378 g/mol. The Labute approximate surface area is 177 Å². The van der Waals surface area contributed by atoms with Gasteiger partial charge in [-0.25, -0.2) is 4.79 Å². The zero-order chi connectivity index (χ0) is 21.2. The zero-order valence-electron chi connectivity index (χ0n) is 17.7. The highest BCUT2D eigenvalue weighted by Crippen LogP contribution is 2.75. The van der Waals surface area contributed by atoms with E-state index in [0.717, 1.165) is 11.1 Å². The molecule has 3 unspecified atom stereocenters. The third-order valence-electron chi connectivity index (χ3n) is 7.26. The molecule has 5 rings (SSSR count). The number of hydrogen-bond donors (Lipinski definition) is 0. The summed E-state index contributed by atoms with van der Waals surface area (Å²) in [7, 11) is 0. The average Bonchev–Trinajstić information content (AvgIpc) is 3.11. The highest BCUT2D eigenvalue weighted by Gasteiger charge is 2.84. The number of hydrogen-bond acceptors (Lipinski definition) is 4. The Morgan fingerprint density at radius 3 is 2.17 bits per heavy atom. The van der Waals surface area contributed by atoms with Gasteiger partial charge >= 0.3 is 12.1 Å². The lowest BCUT2D eigenvalue weighted by Gasteiger charge is -2.62. The molecule has 0 radical (unpaired) electrons. The summed E-state index contributed by atoms with van der Waals surface area (Å²) in [5, 5.41) is 0. The number of nitrogens with zero attached hydrogens (tertiary/aromatic N) is 1. The van der Waals surface area contributed by atoms with Gasteiger partial charge in [-0.2, -0.15) is 0 Å². The molecule has 3 atom stereocenters. The molecule has 30 heavy (non-hydrogen) atoms. The highest BCUT2D eigenvalue weighted by molar-refractivity contribution is 5.91. The Morgan fingerprint density at radius 1 is 0.967 bits per heavy atom. The monoisotopic (exact) mass is 405 g/mol. The fourth-order valence-corrected chi connectivity index (χ4v) is 6.08. The summed E-state index contributed by atoms with van der Waals surface area (Å²) >= 11 is 0. The second-order valence-electron chi connectivity index (χ2n) is 9.89. The molecule has 5 heteroatoms. The van der Waals surface area contributed by atoms with Gasteiger partial charge in [-0.15, -0.1) is 0 Å². The van der Waals surface area contributed by atoms with Gasteiger partial charge in [0.1, 0.15) is 17.6 Å². The van der Waals surface area contributed by atoms with Crippen molar-refractivity contribution >= 4 is 12.1 Å². The number of cyclic esters (lactones) is 1. The predicted molar refractivity (Wildman–Crippen MR) is 112 cm³/mol. The molecule has 3 aliphatic rings. The normalized spacial score (nSPS) is 32.1. The Kier molecular flexibility index (Phi) is 3.89. The number of ether oxygens (including phenoxy) is 2. The third kappa shape index (κ3) is 2.29. The molecule has 1 spiro atoms. The van der Waals surface area contributed by atoms with Crippen molar-refractivity contribution in [3.8, 4) is 0 Å². The van der Waals surface area contributed by atoms with Crippen LogP contribution < -0.4 is 0 Å². The van der Waals surface area contributed by atoms with Crippen LogP contribution in [0.5, 0.6) is 0 Å². The fraction of sp³-hybridized carbons (Fsp3) is 0.440. The van der Waals surface area contributed by atoms with Crippen LogP contribution in [0.1, 0.15) is 38.3 Å². The van der Waals surface area contributed by atoms with Gasteiger partial charge < -0.3 is 14.4 Å². The minimum absolute atomic E-state index is 0.175. The number of rotatable bonds is 2. The van der Waals surface area contributed by atoms with Crippen LogP contribution in [0.4, 0.5) is 4.79 Å². The van der Waals surface area contributed by atoms with Crippen molar-refractivity contribution in [1.29, 1.82) is 0 Å². The summed E-state index contributed by atoms with van der Waals surface area (Å²) < 4.78 is 11.5. The molecule has 2 aromatic rings. The second-order valence-corrected chi connectivity index (χ2v) is 9.89. The first-order chi connectivity index (χ1) is 14.2. The fourth-order valence-electron chi connectivity index (χ4n) is 6.08. The van der Waals surface area contributed by atoms with Gasteiger partial charge in [0.25, 0.3) is 0 Å². The van der Waals surface area contributed by atoms with Crippen LogP contribution in [-0.4, -0.2) is 42.3 Å². The van der Waals surface area contributed by atoms with Gasteiger partial charge in [-0.1, -0.05) is 60.7 Å². The summed E-state index contributed by atoms with van der Waals surface area (Å²) in [6.45, 7) is 6.90. The summed E-state index contributed by atoms with van der Waals surface area (Å²) in [4.78, 5) is 28.0. The summed E-state index contributed by atoms with van der Waals surface area (Å²) in [6, 6.07) is 20.2. The number of benzene rings is 2. The first kappa shape index (κ1) is 19.2. The third-order valence-corrected chi connectivity index (χ3v) is 7.26. The van der Waals surface area contributed by atoms with Gasteiger partial charge in [0.2, 0.25) is 0 Å². The number of amides is 1. The Hall–Kier alpha value is -2.82. The SMILES string of the molecule is CC(C)(C)OC(=O)N1CC2(c3ccccc3)CC3(c4ccccc4)C(=O)OCC23C1. The van der Waals surface area contributed by atoms with E-state index in [0.29, 0.717) is 26.1 Å². The maximum Gasteiger partial charge on any atom is 0.410 e. The topological polar surface area (TPSA) is 55.8 Å². The lowest BCUT2D eigenvalue weighted by molar-refractivity contribution is -0.148. The molecule has 2 heterocycles. The number of carbonyl (C=O) groups is 2. The molecule has 0 aromatic heterocycles. The lowest BCUT2D eigenvalue weighted by Crippen LogP contribution is -2.70. The molecule has 2 aromatic carbocycles. The van der Waals surface area contributed by atoms with Crippen LogP contribution in [0, 0.1) is 5.41 Å². The van der Waals surface area contributed by atoms with Crippen LogP contribution in [0.15, 0.2) is 60.7 Å². The van der Waals surface area contributed by atoms with E-state index in [1.54, 1.807) is 4.90 Å². The maximum atomic E-state index is 13.2. The van der Waals surface area contributed by atoms with Crippen LogP contribution in [0.3, 0.4) is 0 Å². The van der Waals surface area contributed by atoms with Crippen molar-refractivity contribution in [1.82, 2.24) is 4.90 Å². The van der Waals surface area contributed by atoms with Crippen molar-refractivity contribution < 1.29 is 19.1 Å². The summed E-state index contributed by atoms with van der Waals surface area (Å²) in [6.07, 6.45) is 0.300. The molecule has 1 aliphatic carbocycles. The van der Waals surface area contributed by atoms with E-state index in [1.165, 1.54) is 0 Å². The number of esters is 1. The average molecular weight is 405 g/mol. The minimum Gasteiger partial charge on any atom is -0.464 e. The molecule has 2 aliphatic heterocycles. The summed E-state index contributed by atoms with van der Waals surface area (Å²) in [5.41, 5.74) is -0.0227. The first-order valence-electron chi connectivity index (χ1n) is 10.5. The van der Waals surface area contributed by atoms with Gasteiger partial charge in [-0.3, -0.25) is 4.79 Å². The molecule has 0 bridgehead atoms. The smallest absolute Gasteiger partial charge is 0.410 e. The Balaban J connectivity index is 1.64. The molecule has 156 valence electrons. The maximum absolute atomic E-state index is 13.2. The van der Waals surface area contributed by atoms with E-state index in [-0.39, 0.29) is 17.5 Å². The molecule has 1 saturated carbocycles. The first-order valence-corrected chi connectivity index (χ1v) is 10.5. The zero-order valence-corrected chi connectivity index (χ0v) is 17.7. The minimum atomic E-state index is -0.735. The quantitative estimate of drug-likeness (QED) is 0.707. The van der Waals surface area contributed by atoms with Crippen LogP contribution in [-0.2, 0) is 25.1 Å². The van der Waals surface area contributed by atoms with E-state index in [4.69, 9.17) is 9.47 Å². The van der Waals surface area contributed by atoms with E-state index in [2.05, 4.69) is 12.1 Å². The Bertz CT molecular complexity index is 999. The number of carbonyl (C=O) groups excluding carboxylic acids is 2. The van der Waals surface area contributed by atoms with E-state index < -0.39 is 16.4 Å². The van der Waals surface area contributed by atoms with E-state index in [1.807, 2.05) is 69.3 Å². The van der Waals surface area contributed by atoms with Crippen LogP contribution >= 0.6 is 0 Å². The van der Waals surface area contributed by atoms with Crippen molar-refractivity contribution in [3.05, 3.63) is 71.8 Å². The van der Waals surface area contributed by atoms with Crippen LogP contribution in [0.25, 0.3) is 0 Å². The predicted octanol–water partition coefficient (Wildman–Crippen LogP) is 4.06. The van der Waals surface area contributed by atoms with Crippen molar-refractivity contribution in [2.45, 2.75) is 43.6 Å². The molecule has 0 N–H and O–H groups in total. The lowest BCUT2D eigenvalue weighted by atomic mass is 9.35. The number of likely N-dealkylation sites (tertiary alicyclic amines) is 1. The Morgan fingerprint density at radius 2 is 1.57 bits per heavy atom. The van der Waals surface area contributed by atoms with Gasteiger partial charge in [-0.05, 0) is 38.3 Å². The van der Waals surface area contributed by atoms with Crippen molar-refractivity contribution in [3.63, 3.8) is 0 Å². The van der Waals surface area contributed by atoms with Gasteiger partial charge in [0.15, 0.2) is 0 Å².